The van der Waals surface area contributed by atoms with E-state index < -0.39 is 0 Å². The van der Waals surface area contributed by atoms with Crippen LogP contribution in [0.2, 0.25) is 0 Å². The molecule has 1 heterocycles. The topological polar surface area (TPSA) is 81.2 Å². The second-order valence-electron chi connectivity index (χ2n) is 6.66. The number of amides is 1. The van der Waals surface area contributed by atoms with Gasteiger partial charge < -0.3 is 15.5 Å². The van der Waals surface area contributed by atoms with Gasteiger partial charge in [0, 0.05) is 11.6 Å². The number of nitrogens with zero attached hydrogens (tertiary/aromatic N) is 1. The normalized spacial score (nSPS) is 27.7. The van der Waals surface area contributed by atoms with Crippen molar-refractivity contribution in [1.29, 1.82) is 0 Å². The highest BCUT2D eigenvalue weighted by atomic mass is 35.5. The van der Waals surface area contributed by atoms with Crippen molar-refractivity contribution in [2.75, 3.05) is 0 Å². The lowest BCUT2D eigenvalue weighted by atomic mass is 9.84. The quantitative estimate of drug-likeness (QED) is 0.891. The summed E-state index contributed by atoms with van der Waals surface area (Å²) < 4.78 is 5.49. The van der Waals surface area contributed by atoms with Crippen molar-refractivity contribution in [1.82, 2.24) is 10.3 Å². The fraction of sp³-hybridized carbons (Fsp3) is 0.444. The van der Waals surface area contributed by atoms with E-state index in [2.05, 4.69) is 10.3 Å². The maximum atomic E-state index is 12.4. The van der Waals surface area contributed by atoms with Crippen LogP contribution in [-0.2, 0) is 11.3 Å². The molecule has 4 rings (SSSR count). The Morgan fingerprint density at radius 3 is 2.71 bits per heavy atom. The minimum atomic E-state index is -0.0331. The molecule has 2 aliphatic carbocycles. The summed E-state index contributed by atoms with van der Waals surface area (Å²) in [5, 5.41) is 2.98. The summed E-state index contributed by atoms with van der Waals surface area (Å²) in [4.78, 5) is 16.9. The standard InChI is InChI=1S/C18H21N3O2.ClH/c19-16-13-7-6-12(8-13)15(16)17(22)20-9-14-10-23-18(21-14)11-4-2-1-3-5-11;/h1-5,10,12-13,15-16H,6-9,19H2,(H,20,22);1H. The number of oxazole rings is 1. The minimum Gasteiger partial charge on any atom is -0.444 e. The third-order valence-corrected chi connectivity index (χ3v) is 5.30. The third kappa shape index (κ3) is 3.06. The maximum absolute atomic E-state index is 12.4. The van der Waals surface area contributed by atoms with E-state index in [-0.39, 0.29) is 30.3 Å². The van der Waals surface area contributed by atoms with Crippen molar-refractivity contribution in [2.24, 2.45) is 23.5 Å². The SMILES string of the molecule is Cl.NC1C2CCC(C2)C1C(=O)NCc1coc(-c2ccccc2)n1. The van der Waals surface area contributed by atoms with Crippen LogP contribution in [0.4, 0.5) is 0 Å². The van der Waals surface area contributed by atoms with Gasteiger partial charge in [0.1, 0.15) is 6.26 Å². The first-order valence-electron chi connectivity index (χ1n) is 8.25. The smallest absolute Gasteiger partial charge is 0.226 e. The van der Waals surface area contributed by atoms with Crippen LogP contribution in [0.3, 0.4) is 0 Å². The molecule has 0 saturated heterocycles. The van der Waals surface area contributed by atoms with E-state index in [0.717, 1.165) is 24.1 Å². The highest BCUT2D eigenvalue weighted by Crippen LogP contribution is 2.47. The van der Waals surface area contributed by atoms with E-state index in [1.807, 2.05) is 30.3 Å². The van der Waals surface area contributed by atoms with Gasteiger partial charge in [0.25, 0.3) is 0 Å². The molecule has 2 bridgehead atoms. The Labute approximate surface area is 147 Å². The lowest BCUT2D eigenvalue weighted by Crippen LogP contribution is -2.45. The summed E-state index contributed by atoms with van der Waals surface area (Å²) >= 11 is 0. The lowest BCUT2D eigenvalue weighted by Gasteiger charge is -2.26. The molecule has 5 nitrogen and oxygen atoms in total. The number of halogens is 1. The van der Waals surface area contributed by atoms with Gasteiger partial charge >= 0.3 is 0 Å². The average Bonchev–Trinajstić information content (AvgIpc) is 3.29. The number of aromatic nitrogens is 1. The fourth-order valence-corrected chi connectivity index (χ4v) is 4.12. The molecule has 3 N–H and O–H groups in total. The molecule has 1 aromatic heterocycles. The molecule has 6 heteroatoms. The maximum Gasteiger partial charge on any atom is 0.226 e. The van der Waals surface area contributed by atoms with Crippen molar-refractivity contribution in [3.63, 3.8) is 0 Å². The zero-order valence-corrected chi connectivity index (χ0v) is 14.2. The molecule has 0 radical (unpaired) electrons. The number of carbonyl (C=O) groups is 1. The second-order valence-corrected chi connectivity index (χ2v) is 6.66. The van der Waals surface area contributed by atoms with Crippen LogP contribution in [0.15, 0.2) is 41.0 Å². The van der Waals surface area contributed by atoms with Crippen molar-refractivity contribution >= 4 is 18.3 Å². The number of rotatable bonds is 4. The van der Waals surface area contributed by atoms with Crippen LogP contribution >= 0.6 is 12.4 Å². The predicted molar refractivity (Wildman–Crippen MR) is 93.3 cm³/mol. The summed E-state index contributed by atoms with van der Waals surface area (Å²) in [6.07, 6.45) is 5.03. The Kier molecular flexibility index (Phi) is 4.92. The molecular weight excluding hydrogens is 326 g/mol. The van der Waals surface area contributed by atoms with Gasteiger partial charge in [0.2, 0.25) is 11.8 Å². The van der Waals surface area contributed by atoms with Gasteiger partial charge in [-0.25, -0.2) is 4.98 Å². The first kappa shape index (κ1) is 17.0. The van der Waals surface area contributed by atoms with Gasteiger partial charge in [-0.2, -0.15) is 0 Å². The summed E-state index contributed by atoms with van der Waals surface area (Å²) in [6, 6.07) is 9.75. The van der Waals surface area contributed by atoms with Crippen LogP contribution in [0, 0.1) is 17.8 Å². The molecule has 4 unspecified atom stereocenters. The summed E-state index contributed by atoms with van der Waals surface area (Å²) in [5.41, 5.74) is 7.88. The van der Waals surface area contributed by atoms with Gasteiger partial charge in [-0.15, -0.1) is 12.4 Å². The number of fused-ring (bicyclic) bond motifs is 2. The van der Waals surface area contributed by atoms with Crippen LogP contribution < -0.4 is 11.1 Å². The second kappa shape index (κ2) is 6.95. The van der Waals surface area contributed by atoms with Gasteiger partial charge in [0.15, 0.2) is 0 Å². The Morgan fingerprint density at radius 2 is 2.00 bits per heavy atom. The first-order valence-corrected chi connectivity index (χ1v) is 8.25. The van der Waals surface area contributed by atoms with Gasteiger partial charge in [0.05, 0.1) is 18.2 Å². The van der Waals surface area contributed by atoms with Crippen LogP contribution in [0.25, 0.3) is 11.5 Å². The van der Waals surface area contributed by atoms with E-state index in [1.165, 1.54) is 6.42 Å². The van der Waals surface area contributed by atoms with Gasteiger partial charge in [-0.05, 0) is 43.2 Å². The molecule has 1 aromatic carbocycles. The van der Waals surface area contributed by atoms with E-state index in [1.54, 1.807) is 6.26 Å². The number of nitrogens with one attached hydrogen (secondary N) is 1. The van der Waals surface area contributed by atoms with Crippen molar-refractivity contribution < 1.29 is 9.21 Å². The van der Waals surface area contributed by atoms with E-state index >= 15 is 0 Å². The van der Waals surface area contributed by atoms with Crippen molar-refractivity contribution in [2.45, 2.75) is 31.8 Å². The Bertz CT molecular complexity index is 701. The van der Waals surface area contributed by atoms with Gasteiger partial charge in [-0.3, -0.25) is 4.79 Å². The molecule has 128 valence electrons. The molecule has 2 saturated carbocycles. The molecule has 0 aliphatic heterocycles. The molecule has 4 atom stereocenters. The zero-order valence-electron chi connectivity index (χ0n) is 13.4. The highest BCUT2D eigenvalue weighted by Gasteiger charge is 2.48. The zero-order chi connectivity index (χ0) is 15.8. The predicted octanol–water partition coefficient (Wildman–Crippen LogP) is 2.75. The Balaban J connectivity index is 0.00000169. The van der Waals surface area contributed by atoms with Crippen molar-refractivity contribution in [3.8, 4) is 11.5 Å². The number of benzene rings is 1. The average molecular weight is 348 g/mol. The molecule has 2 fully saturated rings. The molecule has 24 heavy (non-hydrogen) atoms. The van der Waals surface area contributed by atoms with E-state index in [4.69, 9.17) is 10.2 Å². The first-order chi connectivity index (χ1) is 11.2. The van der Waals surface area contributed by atoms with Crippen molar-refractivity contribution in [3.05, 3.63) is 42.3 Å². The Morgan fingerprint density at radius 1 is 1.25 bits per heavy atom. The molecule has 2 aromatic rings. The monoisotopic (exact) mass is 347 g/mol. The fourth-order valence-electron chi connectivity index (χ4n) is 4.12. The number of hydrogen-bond donors (Lipinski definition) is 2. The number of carbonyl (C=O) groups excluding carboxylic acids is 1. The Hall–Kier alpha value is -1.85. The minimum absolute atomic E-state index is 0. The van der Waals surface area contributed by atoms with E-state index in [9.17, 15) is 4.79 Å². The summed E-state index contributed by atoms with van der Waals surface area (Å²) in [5.74, 6) is 1.61. The van der Waals surface area contributed by atoms with E-state index in [0.29, 0.717) is 24.3 Å². The molecule has 0 spiro atoms. The molecule has 2 aliphatic rings. The molecular formula is C18H22ClN3O2. The summed E-state index contributed by atoms with van der Waals surface area (Å²) in [7, 11) is 0. The summed E-state index contributed by atoms with van der Waals surface area (Å²) in [6.45, 7) is 0.385. The largest absolute Gasteiger partial charge is 0.444 e. The van der Waals surface area contributed by atoms with Gasteiger partial charge in [-0.1, -0.05) is 18.2 Å². The number of nitrogens with two attached hydrogens (primary N) is 1. The number of hydrogen-bond acceptors (Lipinski definition) is 4. The lowest BCUT2D eigenvalue weighted by molar-refractivity contribution is -0.127. The van der Waals surface area contributed by atoms with Crippen LogP contribution in [0.1, 0.15) is 25.0 Å². The van der Waals surface area contributed by atoms with Crippen LogP contribution in [-0.4, -0.2) is 16.9 Å². The molecule has 1 amide bonds. The highest BCUT2D eigenvalue weighted by molar-refractivity contribution is 5.85. The third-order valence-electron chi connectivity index (χ3n) is 5.30. The van der Waals surface area contributed by atoms with Crippen LogP contribution in [0.5, 0.6) is 0 Å².